The molecule has 4 aromatic rings. The molecule has 0 spiro atoms. The Morgan fingerprint density at radius 1 is 0.971 bits per heavy atom. The minimum Gasteiger partial charge on any atom is -0.378 e. The first-order chi connectivity index (χ1) is 16.7. The predicted octanol–water partition coefficient (Wildman–Crippen LogP) is 2.98. The van der Waals surface area contributed by atoms with Gasteiger partial charge in [0.15, 0.2) is 5.82 Å². The molecule has 1 aliphatic heterocycles. The molecule has 0 aliphatic carbocycles. The van der Waals surface area contributed by atoms with Crippen LogP contribution in [-0.2, 0) is 11.3 Å². The van der Waals surface area contributed by atoms with E-state index < -0.39 is 0 Å². The Labute approximate surface area is 196 Å². The Kier molecular flexibility index (Phi) is 6.17. The van der Waals surface area contributed by atoms with E-state index in [0.29, 0.717) is 42.1 Å². The topological polar surface area (TPSA) is 112 Å². The maximum absolute atomic E-state index is 12.8. The summed E-state index contributed by atoms with van der Waals surface area (Å²) in [7, 11) is 0. The SMILES string of the molecule is O=C(NCc1ccccn1)c1ccc2[nH]nc(NC(=O)c3ccc(N4CCOCC4)cc3)c2c1. The van der Waals surface area contributed by atoms with Crippen LogP contribution in [0.3, 0.4) is 0 Å². The number of pyridine rings is 1. The minimum atomic E-state index is -0.271. The third kappa shape index (κ3) is 4.74. The lowest BCUT2D eigenvalue weighted by atomic mass is 10.1. The number of morpholine rings is 1. The molecule has 2 amide bonds. The number of nitrogens with one attached hydrogen (secondary N) is 3. The van der Waals surface area contributed by atoms with Gasteiger partial charge in [0.25, 0.3) is 11.8 Å². The Balaban J connectivity index is 1.28. The molecule has 5 rings (SSSR count). The normalized spacial score (nSPS) is 13.6. The van der Waals surface area contributed by atoms with Crippen LogP contribution in [0.25, 0.3) is 10.9 Å². The lowest BCUT2D eigenvalue weighted by molar-refractivity contribution is 0.0949. The van der Waals surface area contributed by atoms with Crippen molar-refractivity contribution in [2.24, 2.45) is 0 Å². The van der Waals surface area contributed by atoms with Crippen LogP contribution in [0.4, 0.5) is 11.5 Å². The molecule has 2 aromatic carbocycles. The monoisotopic (exact) mass is 456 g/mol. The maximum atomic E-state index is 12.8. The third-order valence-corrected chi connectivity index (χ3v) is 5.72. The number of hydrogen-bond acceptors (Lipinski definition) is 6. The van der Waals surface area contributed by atoms with Crippen molar-refractivity contribution in [1.82, 2.24) is 20.5 Å². The molecule has 0 radical (unpaired) electrons. The molecule has 0 unspecified atom stereocenters. The fourth-order valence-electron chi connectivity index (χ4n) is 3.85. The van der Waals surface area contributed by atoms with Crippen molar-refractivity contribution >= 4 is 34.2 Å². The quantitative estimate of drug-likeness (QED) is 0.411. The molecule has 1 fully saturated rings. The largest absolute Gasteiger partial charge is 0.378 e. The molecule has 3 N–H and O–H groups in total. The van der Waals surface area contributed by atoms with Crippen molar-refractivity contribution in [2.75, 3.05) is 36.5 Å². The van der Waals surface area contributed by atoms with E-state index in [9.17, 15) is 9.59 Å². The molecule has 34 heavy (non-hydrogen) atoms. The van der Waals surface area contributed by atoms with Gasteiger partial charge in [0, 0.05) is 41.5 Å². The number of aromatic nitrogens is 3. The zero-order chi connectivity index (χ0) is 23.3. The number of nitrogens with zero attached hydrogens (tertiary/aromatic N) is 3. The molecule has 9 nitrogen and oxygen atoms in total. The highest BCUT2D eigenvalue weighted by Gasteiger charge is 2.15. The summed E-state index contributed by atoms with van der Waals surface area (Å²) in [6.45, 7) is 3.41. The van der Waals surface area contributed by atoms with E-state index >= 15 is 0 Å². The van der Waals surface area contributed by atoms with Gasteiger partial charge in [0.1, 0.15) is 0 Å². The molecule has 0 saturated carbocycles. The Morgan fingerprint density at radius 2 is 1.76 bits per heavy atom. The minimum absolute atomic E-state index is 0.232. The van der Waals surface area contributed by atoms with Gasteiger partial charge in [-0.1, -0.05) is 6.07 Å². The molecular weight excluding hydrogens is 432 g/mol. The van der Waals surface area contributed by atoms with Crippen LogP contribution in [0.2, 0.25) is 0 Å². The van der Waals surface area contributed by atoms with E-state index in [0.717, 1.165) is 30.0 Å². The molecule has 9 heteroatoms. The highest BCUT2D eigenvalue weighted by Crippen LogP contribution is 2.23. The first-order valence-electron chi connectivity index (χ1n) is 11.1. The van der Waals surface area contributed by atoms with Crippen LogP contribution in [0.15, 0.2) is 66.9 Å². The number of carbonyl (C=O) groups excluding carboxylic acids is 2. The van der Waals surface area contributed by atoms with Crippen LogP contribution in [0.1, 0.15) is 26.4 Å². The average Bonchev–Trinajstić information content (AvgIpc) is 3.30. The second-order valence-corrected chi connectivity index (χ2v) is 7.94. The molecule has 0 bridgehead atoms. The maximum Gasteiger partial charge on any atom is 0.256 e. The number of carbonyl (C=O) groups is 2. The first-order valence-corrected chi connectivity index (χ1v) is 11.1. The van der Waals surface area contributed by atoms with Crippen LogP contribution in [-0.4, -0.2) is 53.3 Å². The summed E-state index contributed by atoms with van der Waals surface area (Å²) in [5.41, 5.74) is 3.55. The van der Waals surface area contributed by atoms with Crippen LogP contribution in [0, 0.1) is 0 Å². The fraction of sp³-hybridized carbons (Fsp3) is 0.200. The van der Waals surface area contributed by atoms with Crippen molar-refractivity contribution in [3.8, 4) is 0 Å². The molecule has 3 heterocycles. The van der Waals surface area contributed by atoms with E-state index in [1.54, 1.807) is 36.5 Å². The van der Waals surface area contributed by atoms with Gasteiger partial charge in [-0.05, 0) is 54.6 Å². The Morgan fingerprint density at radius 3 is 2.53 bits per heavy atom. The zero-order valence-electron chi connectivity index (χ0n) is 18.5. The van der Waals surface area contributed by atoms with Gasteiger partial charge in [-0.15, -0.1) is 0 Å². The standard InChI is InChI=1S/C25H24N6O3/c32-24(27-16-19-3-1-2-10-26-19)18-6-9-22-21(15-18)23(30-29-22)28-25(33)17-4-7-20(8-5-17)31-11-13-34-14-12-31/h1-10,15H,11-14,16H2,(H,27,32)(H2,28,29,30,33). The lowest BCUT2D eigenvalue weighted by Gasteiger charge is -2.28. The molecular formula is C25H24N6O3. The summed E-state index contributed by atoms with van der Waals surface area (Å²) in [4.78, 5) is 31.9. The van der Waals surface area contributed by atoms with E-state index in [4.69, 9.17) is 4.74 Å². The van der Waals surface area contributed by atoms with Crippen LogP contribution >= 0.6 is 0 Å². The van der Waals surface area contributed by atoms with Crippen molar-refractivity contribution in [2.45, 2.75) is 6.54 Å². The highest BCUT2D eigenvalue weighted by molar-refractivity contribution is 6.09. The lowest BCUT2D eigenvalue weighted by Crippen LogP contribution is -2.36. The highest BCUT2D eigenvalue weighted by atomic mass is 16.5. The average molecular weight is 457 g/mol. The number of rotatable bonds is 6. The van der Waals surface area contributed by atoms with Crippen molar-refractivity contribution < 1.29 is 14.3 Å². The van der Waals surface area contributed by atoms with Crippen molar-refractivity contribution in [3.05, 3.63) is 83.7 Å². The van der Waals surface area contributed by atoms with Crippen molar-refractivity contribution in [3.63, 3.8) is 0 Å². The third-order valence-electron chi connectivity index (χ3n) is 5.72. The number of anilines is 2. The summed E-state index contributed by atoms with van der Waals surface area (Å²) in [5.74, 6) is -0.131. The summed E-state index contributed by atoms with van der Waals surface area (Å²) >= 11 is 0. The van der Waals surface area contributed by atoms with E-state index in [1.807, 2.05) is 30.3 Å². The van der Waals surface area contributed by atoms with Gasteiger partial charge < -0.3 is 20.3 Å². The van der Waals surface area contributed by atoms with Gasteiger partial charge in [0.05, 0.1) is 31.0 Å². The number of amides is 2. The Hall–Kier alpha value is -4.24. The Bertz CT molecular complexity index is 1300. The molecule has 2 aromatic heterocycles. The van der Waals surface area contributed by atoms with E-state index in [2.05, 4.69) is 30.7 Å². The van der Waals surface area contributed by atoms with Gasteiger partial charge in [-0.2, -0.15) is 5.10 Å². The summed E-state index contributed by atoms with van der Waals surface area (Å²) in [6.07, 6.45) is 1.68. The predicted molar refractivity (Wildman–Crippen MR) is 129 cm³/mol. The van der Waals surface area contributed by atoms with Crippen LogP contribution in [0.5, 0.6) is 0 Å². The van der Waals surface area contributed by atoms with E-state index in [-0.39, 0.29) is 11.8 Å². The fourth-order valence-corrected chi connectivity index (χ4v) is 3.85. The van der Waals surface area contributed by atoms with Gasteiger partial charge in [-0.25, -0.2) is 0 Å². The number of hydrogen-bond donors (Lipinski definition) is 3. The molecule has 1 aliphatic rings. The molecule has 1 saturated heterocycles. The first kappa shape index (κ1) is 21.6. The second kappa shape index (κ2) is 9.72. The number of ether oxygens (including phenoxy) is 1. The molecule has 0 atom stereocenters. The number of fused-ring (bicyclic) bond motifs is 1. The number of H-pyrrole nitrogens is 1. The zero-order valence-corrected chi connectivity index (χ0v) is 18.5. The van der Waals surface area contributed by atoms with Gasteiger partial charge in [-0.3, -0.25) is 19.7 Å². The van der Waals surface area contributed by atoms with E-state index in [1.165, 1.54) is 0 Å². The summed E-state index contributed by atoms with van der Waals surface area (Å²) < 4.78 is 5.39. The number of benzene rings is 2. The number of aromatic amines is 1. The van der Waals surface area contributed by atoms with Crippen LogP contribution < -0.4 is 15.5 Å². The second-order valence-electron chi connectivity index (χ2n) is 7.94. The summed E-state index contributed by atoms with van der Waals surface area (Å²) in [6, 6.07) is 18.2. The van der Waals surface area contributed by atoms with Crippen molar-refractivity contribution in [1.29, 1.82) is 0 Å². The van der Waals surface area contributed by atoms with Gasteiger partial charge >= 0.3 is 0 Å². The smallest absolute Gasteiger partial charge is 0.256 e. The summed E-state index contributed by atoms with van der Waals surface area (Å²) in [5, 5.41) is 13.5. The molecule has 172 valence electrons. The van der Waals surface area contributed by atoms with Gasteiger partial charge in [0.2, 0.25) is 0 Å².